The lowest BCUT2D eigenvalue weighted by Crippen LogP contribution is -2.30. The van der Waals surface area contributed by atoms with Crippen molar-refractivity contribution in [2.45, 2.75) is 23.5 Å². The minimum absolute atomic E-state index is 0.0116. The molecule has 1 unspecified atom stereocenters. The molecule has 13 heteroatoms. The van der Waals surface area contributed by atoms with Crippen molar-refractivity contribution in [1.82, 2.24) is 5.32 Å². The zero-order valence-corrected chi connectivity index (χ0v) is 28.6. The summed E-state index contributed by atoms with van der Waals surface area (Å²) in [4.78, 5) is 52.1. The summed E-state index contributed by atoms with van der Waals surface area (Å²) >= 11 is 7.46. The van der Waals surface area contributed by atoms with E-state index in [-0.39, 0.29) is 27.9 Å². The van der Waals surface area contributed by atoms with E-state index in [0.29, 0.717) is 45.4 Å². The number of carboxylic acid groups (broad SMARTS) is 1. The number of hydrogen-bond donors (Lipinski definition) is 4. The first kappa shape index (κ1) is 36.4. The Hall–Kier alpha value is -5.46. The quantitative estimate of drug-likeness (QED) is 0.0805. The number of carbonyl (C=O) groups excluding carboxylic acids is 3. The number of methoxy groups -OCH3 is 3. The van der Waals surface area contributed by atoms with Gasteiger partial charge in [0.15, 0.2) is 11.5 Å². The van der Waals surface area contributed by atoms with Crippen LogP contribution >= 0.6 is 23.4 Å². The summed E-state index contributed by atoms with van der Waals surface area (Å²) in [5.74, 6) is -1.54. The SMILES string of the molecule is CCC(Sc1cccc(NC(=O)/C(=C\c2cc(OC)c(OC)c(OC)c2)NC(=O)c2ccccc2)c1)C(=O)Nc1cc(C(=O)O)ccc1Cl. The van der Waals surface area contributed by atoms with Gasteiger partial charge in [0.05, 0.1) is 42.9 Å². The van der Waals surface area contributed by atoms with E-state index in [1.807, 2.05) is 6.92 Å². The molecule has 0 aromatic heterocycles. The minimum Gasteiger partial charge on any atom is -0.493 e. The van der Waals surface area contributed by atoms with Crippen molar-refractivity contribution in [1.29, 1.82) is 0 Å². The molecule has 0 aliphatic rings. The Kier molecular flexibility index (Phi) is 12.7. The average Bonchev–Trinajstić information content (AvgIpc) is 3.10. The van der Waals surface area contributed by atoms with Crippen LogP contribution in [-0.2, 0) is 9.59 Å². The number of carbonyl (C=O) groups is 4. The third-order valence-electron chi connectivity index (χ3n) is 7.03. The molecule has 4 rings (SSSR count). The third-order valence-corrected chi connectivity index (χ3v) is 8.72. The van der Waals surface area contributed by atoms with Crippen LogP contribution < -0.4 is 30.2 Å². The Bertz CT molecular complexity index is 1860. The zero-order valence-electron chi connectivity index (χ0n) is 27.0. The molecule has 0 saturated carbocycles. The fraction of sp³-hybridized carbons (Fsp3) is 0.167. The fourth-order valence-corrected chi connectivity index (χ4v) is 5.77. The summed E-state index contributed by atoms with van der Waals surface area (Å²) in [6.07, 6.45) is 1.93. The lowest BCUT2D eigenvalue weighted by atomic mass is 10.1. The molecule has 4 aromatic carbocycles. The van der Waals surface area contributed by atoms with E-state index in [1.165, 1.54) is 57.4 Å². The van der Waals surface area contributed by atoms with Crippen LogP contribution in [0.2, 0.25) is 5.02 Å². The second kappa shape index (κ2) is 17.1. The van der Waals surface area contributed by atoms with Crippen LogP contribution in [0.25, 0.3) is 6.08 Å². The van der Waals surface area contributed by atoms with Crippen LogP contribution in [-0.4, -0.2) is 55.4 Å². The molecule has 11 nitrogen and oxygen atoms in total. The molecule has 0 bridgehead atoms. The zero-order chi connectivity index (χ0) is 35.5. The normalized spacial score (nSPS) is 11.6. The van der Waals surface area contributed by atoms with Gasteiger partial charge in [-0.3, -0.25) is 14.4 Å². The summed E-state index contributed by atoms with van der Waals surface area (Å²) in [7, 11) is 4.42. The molecule has 0 aliphatic carbocycles. The summed E-state index contributed by atoms with van der Waals surface area (Å²) in [5.41, 5.74) is 1.37. The highest BCUT2D eigenvalue weighted by atomic mass is 35.5. The number of carboxylic acids is 1. The highest BCUT2D eigenvalue weighted by Gasteiger charge is 2.21. The van der Waals surface area contributed by atoms with Crippen LogP contribution in [0.1, 0.15) is 39.6 Å². The van der Waals surface area contributed by atoms with Crippen LogP contribution in [0.5, 0.6) is 17.2 Å². The maximum atomic E-state index is 13.7. The van der Waals surface area contributed by atoms with Gasteiger partial charge in [-0.25, -0.2) is 4.79 Å². The highest BCUT2D eigenvalue weighted by Crippen LogP contribution is 2.39. The highest BCUT2D eigenvalue weighted by molar-refractivity contribution is 8.00. The number of nitrogens with one attached hydrogen (secondary N) is 3. The summed E-state index contributed by atoms with van der Waals surface area (Å²) in [6.45, 7) is 1.84. The average molecular weight is 704 g/mol. The Morgan fingerprint density at radius 3 is 2.14 bits per heavy atom. The number of amides is 3. The fourth-order valence-electron chi connectivity index (χ4n) is 4.59. The van der Waals surface area contributed by atoms with E-state index in [1.54, 1.807) is 66.7 Å². The van der Waals surface area contributed by atoms with Crippen LogP contribution in [0.15, 0.2) is 95.5 Å². The first-order chi connectivity index (χ1) is 23.6. The first-order valence-electron chi connectivity index (χ1n) is 14.9. The molecule has 0 heterocycles. The number of rotatable bonds is 14. The van der Waals surface area contributed by atoms with E-state index >= 15 is 0 Å². The van der Waals surface area contributed by atoms with Crippen molar-refractivity contribution in [3.8, 4) is 17.2 Å². The number of aromatic carboxylic acids is 1. The van der Waals surface area contributed by atoms with Gasteiger partial charge in [0, 0.05) is 16.1 Å². The lowest BCUT2D eigenvalue weighted by molar-refractivity contribution is -0.116. The van der Waals surface area contributed by atoms with Crippen molar-refractivity contribution < 1.29 is 38.5 Å². The molecule has 254 valence electrons. The van der Waals surface area contributed by atoms with Crippen LogP contribution in [0.4, 0.5) is 11.4 Å². The molecular formula is C36H34ClN3O8S. The van der Waals surface area contributed by atoms with Crippen molar-refractivity contribution in [3.63, 3.8) is 0 Å². The Morgan fingerprint density at radius 2 is 1.53 bits per heavy atom. The summed E-state index contributed by atoms with van der Waals surface area (Å²) in [6, 6.07) is 22.7. The first-order valence-corrected chi connectivity index (χ1v) is 16.1. The van der Waals surface area contributed by atoms with E-state index in [4.69, 9.17) is 25.8 Å². The van der Waals surface area contributed by atoms with E-state index in [9.17, 15) is 24.3 Å². The molecule has 1 atom stereocenters. The van der Waals surface area contributed by atoms with Crippen LogP contribution in [0, 0.1) is 0 Å². The summed E-state index contributed by atoms with van der Waals surface area (Å²) < 4.78 is 16.3. The predicted molar refractivity (Wildman–Crippen MR) is 190 cm³/mol. The van der Waals surface area contributed by atoms with Gasteiger partial charge >= 0.3 is 5.97 Å². The van der Waals surface area contributed by atoms with Gasteiger partial charge in [0.25, 0.3) is 11.8 Å². The van der Waals surface area contributed by atoms with E-state index in [0.717, 1.165) is 0 Å². The van der Waals surface area contributed by atoms with Crippen molar-refractivity contribution in [2.24, 2.45) is 0 Å². The number of thioether (sulfide) groups is 1. The smallest absolute Gasteiger partial charge is 0.335 e. The summed E-state index contributed by atoms with van der Waals surface area (Å²) in [5, 5.41) is 17.2. The molecule has 0 radical (unpaired) electrons. The van der Waals surface area contributed by atoms with Gasteiger partial charge in [-0.05, 0) is 78.7 Å². The number of hydrogen-bond acceptors (Lipinski definition) is 8. The van der Waals surface area contributed by atoms with Gasteiger partial charge in [-0.2, -0.15) is 0 Å². The lowest BCUT2D eigenvalue weighted by Gasteiger charge is -2.17. The van der Waals surface area contributed by atoms with Gasteiger partial charge in [0.1, 0.15) is 5.70 Å². The van der Waals surface area contributed by atoms with Crippen molar-refractivity contribution >= 4 is 64.5 Å². The molecule has 4 N–H and O–H groups in total. The van der Waals surface area contributed by atoms with Crippen LogP contribution in [0.3, 0.4) is 0 Å². The molecule has 0 spiro atoms. The molecule has 0 fully saturated rings. The topological polar surface area (TPSA) is 152 Å². The second-order valence-electron chi connectivity index (χ2n) is 10.3. The second-order valence-corrected chi connectivity index (χ2v) is 12.0. The van der Waals surface area contributed by atoms with Gasteiger partial charge in [-0.1, -0.05) is 42.8 Å². The van der Waals surface area contributed by atoms with Crippen molar-refractivity contribution in [3.05, 3.63) is 112 Å². The van der Waals surface area contributed by atoms with Crippen molar-refractivity contribution in [2.75, 3.05) is 32.0 Å². The Labute approximate surface area is 292 Å². The number of halogens is 1. The maximum absolute atomic E-state index is 13.7. The maximum Gasteiger partial charge on any atom is 0.335 e. The minimum atomic E-state index is -1.14. The van der Waals surface area contributed by atoms with Gasteiger partial charge in [-0.15, -0.1) is 11.8 Å². The molecule has 0 saturated heterocycles. The monoisotopic (exact) mass is 703 g/mol. The standard InChI is InChI=1S/C36H34ClN3O8S/c1-5-31(35(43)39-27-19-23(36(44)45)14-15-26(27)37)49-25-13-9-12-24(20-25)38-34(42)28(40-33(41)22-10-7-6-8-11-22)16-21-17-29(46-2)32(48-4)30(18-21)47-3/h6-20,31H,5H2,1-4H3,(H,38,42)(H,39,43)(H,40,41)(H,44,45)/b28-16+. The molecule has 49 heavy (non-hydrogen) atoms. The number of ether oxygens (including phenoxy) is 3. The molecular weight excluding hydrogens is 670 g/mol. The molecule has 0 aliphatic heterocycles. The predicted octanol–water partition coefficient (Wildman–Crippen LogP) is 6.98. The Balaban J connectivity index is 1.58. The molecule has 4 aromatic rings. The Morgan fingerprint density at radius 1 is 0.837 bits per heavy atom. The van der Waals surface area contributed by atoms with Gasteiger partial charge in [0.2, 0.25) is 11.7 Å². The third kappa shape index (κ3) is 9.55. The molecule has 3 amide bonds. The van der Waals surface area contributed by atoms with Gasteiger partial charge < -0.3 is 35.3 Å². The number of anilines is 2. The van der Waals surface area contributed by atoms with E-state index in [2.05, 4.69) is 16.0 Å². The largest absolute Gasteiger partial charge is 0.493 e. The van der Waals surface area contributed by atoms with E-state index < -0.39 is 23.0 Å². The number of benzene rings is 4.